The smallest absolute Gasteiger partial charge is 0.240 e. The quantitative estimate of drug-likeness (QED) is 0.231. The van der Waals surface area contributed by atoms with Gasteiger partial charge in [-0.25, -0.2) is 13.1 Å². The molecule has 1 rings (SSSR count). The minimum atomic E-state index is -3.44. The molecule has 0 amide bonds. The van der Waals surface area contributed by atoms with Crippen LogP contribution in [0.3, 0.4) is 0 Å². The molecule has 3 N–H and O–H groups in total. The summed E-state index contributed by atoms with van der Waals surface area (Å²) in [5.41, 5.74) is 0. The fraction of sp³-hybridized carbons (Fsp3) is 0.533. The van der Waals surface area contributed by atoms with E-state index in [1.54, 1.807) is 30.3 Å². The topological polar surface area (TPSA) is 82.6 Å². The molecule has 1 aromatic rings. The van der Waals surface area contributed by atoms with Crippen LogP contribution < -0.4 is 15.4 Å². The van der Waals surface area contributed by atoms with Crippen molar-refractivity contribution < 1.29 is 8.42 Å². The van der Waals surface area contributed by atoms with Crippen LogP contribution in [-0.2, 0) is 10.0 Å². The molecule has 0 heterocycles. The Balaban J connectivity index is 0.00000484. The third-order valence-electron chi connectivity index (χ3n) is 2.89. The number of sulfonamides is 1. The number of halogens is 1. The van der Waals surface area contributed by atoms with Gasteiger partial charge in [0.15, 0.2) is 5.96 Å². The normalized spacial score (nSPS) is 11.7. The largest absolute Gasteiger partial charge is 0.357 e. The first-order valence-electron chi connectivity index (χ1n) is 7.67. The molecule has 0 saturated carbocycles. The summed E-state index contributed by atoms with van der Waals surface area (Å²) in [5, 5.41) is 6.25. The van der Waals surface area contributed by atoms with Crippen LogP contribution in [0.2, 0.25) is 0 Å². The summed E-state index contributed by atoms with van der Waals surface area (Å²) in [4.78, 5) is 4.69. The first kappa shape index (κ1) is 22.1. The van der Waals surface area contributed by atoms with E-state index in [4.69, 9.17) is 0 Å². The molecule has 0 fully saturated rings. The second-order valence-electron chi connectivity index (χ2n) is 4.75. The van der Waals surface area contributed by atoms with Crippen molar-refractivity contribution in [2.75, 3.05) is 26.2 Å². The Bertz CT molecular complexity index is 550. The van der Waals surface area contributed by atoms with Gasteiger partial charge in [0.25, 0.3) is 0 Å². The second-order valence-corrected chi connectivity index (χ2v) is 6.52. The summed E-state index contributed by atoms with van der Waals surface area (Å²) in [6.45, 7) is 6.43. The van der Waals surface area contributed by atoms with Gasteiger partial charge in [0.1, 0.15) is 0 Å². The van der Waals surface area contributed by atoms with E-state index in [1.807, 2.05) is 6.92 Å². The van der Waals surface area contributed by atoms with E-state index >= 15 is 0 Å². The van der Waals surface area contributed by atoms with E-state index in [0.717, 1.165) is 31.9 Å². The molecule has 132 valence electrons. The van der Waals surface area contributed by atoms with Gasteiger partial charge in [-0.15, -0.1) is 24.0 Å². The fourth-order valence-electron chi connectivity index (χ4n) is 1.74. The van der Waals surface area contributed by atoms with Crippen LogP contribution in [0.15, 0.2) is 40.2 Å². The minimum Gasteiger partial charge on any atom is -0.357 e. The van der Waals surface area contributed by atoms with Crippen molar-refractivity contribution >= 4 is 40.0 Å². The molecule has 0 aliphatic carbocycles. The van der Waals surface area contributed by atoms with Gasteiger partial charge >= 0.3 is 0 Å². The highest BCUT2D eigenvalue weighted by molar-refractivity contribution is 14.0. The standard InChI is InChI=1S/C15H26N4O2S.HI/c1-3-5-11-17-15(16-4-2)18-12-13-19-22(20,21)14-9-7-6-8-10-14;/h6-10,19H,3-5,11-13H2,1-2H3,(H2,16,17,18);1H. The molecule has 0 radical (unpaired) electrons. The zero-order chi connectivity index (χ0) is 16.3. The first-order valence-corrected chi connectivity index (χ1v) is 9.15. The number of hydrogen-bond acceptors (Lipinski definition) is 3. The summed E-state index contributed by atoms with van der Waals surface area (Å²) in [5.74, 6) is 0.717. The Morgan fingerprint density at radius 3 is 2.39 bits per heavy atom. The Kier molecular flexibility index (Phi) is 12.1. The number of nitrogens with one attached hydrogen (secondary N) is 3. The van der Waals surface area contributed by atoms with Crippen molar-refractivity contribution in [3.05, 3.63) is 30.3 Å². The van der Waals surface area contributed by atoms with Gasteiger partial charge in [0, 0.05) is 26.2 Å². The SMILES string of the molecule is CCCCN=C(NCC)NCCNS(=O)(=O)c1ccccc1.I. The van der Waals surface area contributed by atoms with Crippen molar-refractivity contribution in [2.45, 2.75) is 31.6 Å². The van der Waals surface area contributed by atoms with E-state index in [0.29, 0.717) is 13.1 Å². The molecule has 23 heavy (non-hydrogen) atoms. The number of rotatable bonds is 9. The number of unbranched alkanes of at least 4 members (excludes halogenated alkanes) is 1. The molecular formula is C15H27IN4O2S. The summed E-state index contributed by atoms with van der Waals surface area (Å²) < 4.78 is 26.6. The van der Waals surface area contributed by atoms with Gasteiger partial charge in [0.2, 0.25) is 10.0 Å². The molecule has 0 aliphatic heterocycles. The van der Waals surface area contributed by atoms with Crippen LogP contribution in [0.25, 0.3) is 0 Å². The second kappa shape index (κ2) is 12.5. The number of guanidine groups is 1. The van der Waals surface area contributed by atoms with E-state index < -0.39 is 10.0 Å². The van der Waals surface area contributed by atoms with Gasteiger partial charge in [-0.05, 0) is 25.5 Å². The lowest BCUT2D eigenvalue weighted by Crippen LogP contribution is -2.41. The summed E-state index contributed by atoms with van der Waals surface area (Å²) >= 11 is 0. The monoisotopic (exact) mass is 454 g/mol. The first-order chi connectivity index (χ1) is 10.6. The summed E-state index contributed by atoms with van der Waals surface area (Å²) in [6.07, 6.45) is 2.14. The van der Waals surface area contributed by atoms with Crippen molar-refractivity contribution in [3.63, 3.8) is 0 Å². The summed E-state index contributed by atoms with van der Waals surface area (Å²) in [7, 11) is -3.44. The highest BCUT2D eigenvalue weighted by Gasteiger charge is 2.11. The van der Waals surface area contributed by atoms with Crippen LogP contribution in [0.4, 0.5) is 0 Å². The summed E-state index contributed by atoms with van der Waals surface area (Å²) in [6, 6.07) is 8.35. The number of aliphatic imine (C=N–C) groups is 1. The Morgan fingerprint density at radius 2 is 1.78 bits per heavy atom. The third-order valence-corrected chi connectivity index (χ3v) is 4.37. The average Bonchev–Trinajstić information content (AvgIpc) is 2.52. The highest BCUT2D eigenvalue weighted by Crippen LogP contribution is 2.06. The molecule has 0 aliphatic rings. The molecule has 6 nitrogen and oxygen atoms in total. The fourth-order valence-corrected chi connectivity index (χ4v) is 2.79. The molecule has 0 unspecified atom stereocenters. The maximum absolute atomic E-state index is 12.0. The van der Waals surface area contributed by atoms with Gasteiger partial charge in [-0.1, -0.05) is 31.5 Å². The van der Waals surface area contributed by atoms with Gasteiger partial charge in [-0.2, -0.15) is 0 Å². The van der Waals surface area contributed by atoms with Crippen molar-refractivity contribution in [1.29, 1.82) is 0 Å². The lowest BCUT2D eigenvalue weighted by Gasteiger charge is -2.12. The number of nitrogens with zero attached hydrogens (tertiary/aromatic N) is 1. The predicted molar refractivity (Wildman–Crippen MR) is 106 cm³/mol. The molecule has 0 saturated heterocycles. The predicted octanol–water partition coefficient (Wildman–Crippen LogP) is 1.94. The van der Waals surface area contributed by atoms with E-state index in [9.17, 15) is 8.42 Å². The van der Waals surface area contributed by atoms with Gasteiger partial charge in [0.05, 0.1) is 4.90 Å². The number of benzene rings is 1. The molecular weight excluding hydrogens is 427 g/mol. The lowest BCUT2D eigenvalue weighted by molar-refractivity contribution is 0.580. The van der Waals surface area contributed by atoms with Crippen LogP contribution in [0.1, 0.15) is 26.7 Å². The maximum atomic E-state index is 12.0. The van der Waals surface area contributed by atoms with E-state index in [2.05, 4.69) is 27.3 Å². The molecule has 8 heteroatoms. The zero-order valence-corrected chi connectivity index (χ0v) is 16.9. The molecule has 0 atom stereocenters. The van der Waals surface area contributed by atoms with Crippen LogP contribution in [-0.4, -0.2) is 40.6 Å². The van der Waals surface area contributed by atoms with Crippen molar-refractivity contribution in [2.24, 2.45) is 4.99 Å². The minimum absolute atomic E-state index is 0. The van der Waals surface area contributed by atoms with Gasteiger partial charge < -0.3 is 10.6 Å². The Hall–Kier alpha value is -0.870. The maximum Gasteiger partial charge on any atom is 0.240 e. The van der Waals surface area contributed by atoms with Crippen LogP contribution in [0.5, 0.6) is 0 Å². The van der Waals surface area contributed by atoms with E-state index in [1.165, 1.54) is 0 Å². The highest BCUT2D eigenvalue weighted by atomic mass is 127. The van der Waals surface area contributed by atoms with Crippen molar-refractivity contribution in [3.8, 4) is 0 Å². The third kappa shape index (κ3) is 9.11. The zero-order valence-electron chi connectivity index (χ0n) is 13.7. The van der Waals surface area contributed by atoms with Gasteiger partial charge in [-0.3, -0.25) is 4.99 Å². The average molecular weight is 454 g/mol. The lowest BCUT2D eigenvalue weighted by atomic mass is 10.3. The Labute approximate surface area is 156 Å². The van der Waals surface area contributed by atoms with Crippen LogP contribution >= 0.6 is 24.0 Å². The Morgan fingerprint density at radius 1 is 1.09 bits per heavy atom. The van der Waals surface area contributed by atoms with E-state index in [-0.39, 0.29) is 28.9 Å². The van der Waals surface area contributed by atoms with Crippen molar-refractivity contribution in [1.82, 2.24) is 15.4 Å². The molecule has 0 bridgehead atoms. The van der Waals surface area contributed by atoms with Crippen LogP contribution in [0, 0.1) is 0 Å². The molecule has 0 spiro atoms. The number of hydrogen-bond donors (Lipinski definition) is 3. The molecule has 1 aromatic carbocycles. The molecule has 0 aromatic heterocycles.